The number of benzene rings is 1. The molecule has 4 heteroatoms. The van der Waals surface area contributed by atoms with Gasteiger partial charge < -0.3 is 0 Å². The first-order valence-electron chi connectivity index (χ1n) is 9.69. The van der Waals surface area contributed by atoms with Crippen LogP contribution in [0.3, 0.4) is 0 Å². The zero-order chi connectivity index (χ0) is 17.2. The van der Waals surface area contributed by atoms with Gasteiger partial charge in [0.15, 0.2) is 0 Å². The van der Waals surface area contributed by atoms with E-state index in [0.717, 1.165) is 34.1 Å². The van der Waals surface area contributed by atoms with Gasteiger partial charge in [-0.2, -0.15) is 5.10 Å². The lowest BCUT2D eigenvalue weighted by molar-refractivity contribution is -0.00514. The Hall–Kier alpha value is -1.42. The van der Waals surface area contributed by atoms with Crippen LogP contribution in [-0.4, -0.2) is 10.7 Å². The van der Waals surface area contributed by atoms with Crippen molar-refractivity contribution < 1.29 is 0 Å². The Bertz CT molecular complexity index is 824. The van der Waals surface area contributed by atoms with Gasteiger partial charge in [0, 0.05) is 5.71 Å². The van der Waals surface area contributed by atoms with Gasteiger partial charge in [0.25, 0.3) is 0 Å². The summed E-state index contributed by atoms with van der Waals surface area (Å²) in [5.41, 5.74) is 8.66. The van der Waals surface area contributed by atoms with Gasteiger partial charge in [0.05, 0.1) is 10.2 Å². The molecule has 6 rings (SSSR count). The third-order valence-electron chi connectivity index (χ3n) is 6.71. The highest BCUT2D eigenvalue weighted by molar-refractivity contribution is 7.22. The lowest BCUT2D eigenvalue weighted by Crippen LogP contribution is -2.48. The van der Waals surface area contributed by atoms with Crippen LogP contribution in [0.25, 0.3) is 10.2 Å². The minimum absolute atomic E-state index is 0.462. The highest BCUT2D eigenvalue weighted by Crippen LogP contribution is 2.61. The second-order valence-corrected chi connectivity index (χ2v) is 10.1. The van der Waals surface area contributed by atoms with Crippen molar-refractivity contribution in [3.63, 3.8) is 0 Å². The molecule has 4 fully saturated rings. The monoisotopic (exact) mass is 353 g/mol. The second-order valence-electron chi connectivity index (χ2n) is 9.03. The number of hydrogen-bond acceptors (Lipinski definition) is 4. The molecule has 0 amide bonds. The van der Waals surface area contributed by atoms with Crippen LogP contribution in [-0.2, 0) is 5.41 Å². The molecule has 4 aliphatic carbocycles. The van der Waals surface area contributed by atoms with Crippen LogP contribution in [0.1, 0.15) is 63.5 Å². The molecule has 25 heavy (non-hydrogen) atoms. The van der Waals surface area contributed by atoms with E-state index in [2.05, 4.69) is 29.6 Å². The normalized spacial score (nSPS) is 33.0. The van der Waals surface area contributed by atoms with Crippen LogP contribution in [0.5, 0.6) is 0 Å². The summed E-state index contributed by atoms with van der Waals surface area (Å²) in [6.45, 7) is 6.22. The maximum atomic E-state index is 4.77. The number of thiazole rings is 1. The molecule has 4 aliphatic rings. The largest absolute Gasteiger partial charge is 0.253 e. The molecule has 1 aromatic heterocycles. The van der Waals surface area contributed by atoms with E-state index in [-0.39, 0.29) is 0 Å². The molecule has 132 valence electrons. The van der Waals surface area contributed by atoms with Gasteiger partial charge >= 0.3 is 0 Å². The molecule has 1 heterocycles. The molecule has 1 aromatic carbocycles. The van der Waals surface area contributed by atoms with Gasteiger partial charge in [-0.3, -0.25) is 5.43 Å². The molecule has 4 bridgehead atoms. The summed E-state index contributed by atoms with van der Waals surface area (Å²) in [5, 5.41) is 5.22. The van der Waals surface area contributed by atoms with Crippen LogP contribution in [0.15, 0.2) is 17.2 Å². The minimum atomic E-state index is 0.462. The van der Waals surface area contributed by atoms with Crippen molar-refractivity contribution in [1.29, 1.82) is 0 Å². The number of rotatable bonds is 3. The van der Waals surface area contributed by atoms with Gasteiger partial charge in [0.1, 0.15) is 0 Å². The summed E-state index contributed by atoms with van der Waals surface area (Å²) < 4.78 is 1.32. The van der Waals surface area contributed by atoms with E-state index in [0.29, 0.717) is 5.41 Å². The van der Waals surface area contributed by atoms with Gasteiger partial charge in [-0.1, -0.05) is 17.4 Å². The number of anilines is 1. The summed E-state index contributed by atoms with van der Waals surface area (Å²) in [6.07, 6.45) is 8.78. The molecule has 0 unspecified atom stereocenters. The summed E-state index contributed by atoms with van der Waals surface area (Å²) in [6, 6.07) is 4.91. The van der Waals surface area contributed by atoms with Gasteiger partial charge in [-0.05, 0) is 99.7 Å². The smallest absolute Gasteiger partial charge is 0.204 e. The molecule has 0 aliphatic heterocycles. The van der Waals surface area contributed by atoms with Crippen molar-refractivity contribution >= 4 is 32.4 Å². The first kappa shape index (κ1) is 15.8. The third kappa shape index (κ3) is 2.61. The third-order valence-corrected chi connectivity index (χ3v) is 7.62. The average molecular weight is 354 g/mol. The average Bonchev–Trinajstić information content (AvgIpc) is 2.95. The first-order chi connectivity index (χ1) is 12.0. The van der Waals surface area contributed by atoms with Crippen LogP contribution >= 0.6 is 11.3 Å². The summed E-state index contributed by atoms with van der Waals surface area (Å²) in [5.74, 6) is 2.97. The number of nitrogens with zero attached hydrogens (tertiary/aromatic N) is 2. The molecular weight excluding hydrogens is 326 g/mol. The minimum Gasteiger partial charge on any atom is -0.253 e. The number of fused-ring (bicyclic) bond motifs is 1. The van der Waals surface area contributed by atoms with Crippen molar-refractivity contribution in [2.75, 3.05) is 5.43 Å². The predicted molar refractivity (Wildman–Crippen MR) is 107 cm³/mol. The molecule has 0 saturated heterocycles. The molecule has 4 saturated carbocycles. The van der Waals surface area contributed by atoms with Crippen LogP contribution in [0.2, 0.25) is 0 Å². The predicted octanol–water partition coefficient (Wildman–Crippen LogP) is 5.88. The number of aryl methyl sites for hydroxylation is 1. The highest BCUT2D eigenvalue weighted by atomic mass is 32.1. The van der Waals surface area contributed by atoms with Gasteiger partial charge in [-0.25, -0.2) is 4.98 Å². The van der Waals surface area contributed by atoms with E-state index in [1.54, 1.807) is 16.9 Å². The summed E-state index contributed by atoms with van der Waals surface area (Å²) in [4.78, 5) is 4.77. The van der Waals surface area contributed by atoms with E-state index in [4.69, 9.17) is 4.98 Å². The highest BCUT2D eigenvalue weighted by Gasteiger charge is 2.51. The summed E-state index contributed by atoms with van der Waals surface area (Å²) in [7, 11) is 0. The Balaban J connectivity index is 1.55. The Morgan fingerprint density at radius 3 is 2.36 bits per heavy atom. The van der Waals surface area contributed by atoms with E-state index in [1.807, 2.05) is 13.8 Å². The van der Waals surface area contributed by atoms with Crippen molar-refractivity contribution in [1.82, 2.24) is 4.98 Å². The van der Waals surface area contributed by atoms with Crippen LogP contribution in [0.4, 0.5) is 5.13 Å². The number of aromatic nitrogens is 1. The molecular formula is C21H27N3S. The Morgan fingerprint density at radius 1 is 1.12 bits per heavy atom. The van der Waals surface area contributed by atoms with E-state index >= 15 is 0 Å². The molecule has 2 aromatic rings. The Kier molecular flexibility index (Phi) is 3.50. The molecule has 3 nitrogen and oxygen atoms in total. The van der Waals surface area contributed by atoms with Gasteiger partial charge in [-0.15, -0.1) is 0 Å². The summed E-state index contributed by atoms with van der Waals surface area (Å²) >= 11 is 1.74. The number of hydrogen-bond donors (Lipinski definition) is 1. The quantitative estimate of drug-likeness (QED) is 0.552. The zero-order valence-electron chi connectivity index (χ0n) is 15.4. The topological polar surface area (TPSA) is 37.3 Å². The van der Waals surface area contributed by atoms with Crippen molar-refractivity contribution in [3.8, 4) is 0 Å². The lowest BCUT2D eigenvalue weighted by atomic mass is 9.48. The Morgan fingerprint density at radius 2 is 1.76 bits per heavy atom. The fourth-order valence-corrected chi connectivity index (χ4v) is 7.10. The number of hydrazone groups is 1. The molecule has 0 spiro atoms. The van der Waals surface area contributed by atoms with Gasteiger partial charge in [0.2, 0.25) is 5.13 Å². The van der Waals surface area contributed by atoms with E-state index in [9.17, 15) is 0 Å². The standard InChI is InChI=1S/C21H27N3S/c1-12(2)23-24-20-22-19-13(3)4-17(8-18(19)25-20)21-9-14-5-15(10-21)7-16(6-14)11-21/h4,8,14-16H,5-7,9-11H2,1-3H3,(H,22,24). The van der Waals surface area contributed by atoms with Crippen molar-refractivity contribution in [2.24, 2.45) is 22.9 Å². The van der Waals surface area contributed by atoms with Crippen molar-refractivity contribution in [2.45, 2.75) is 64.7 Å². The maximum absolute atomic E-state index is 4.77. The maximum Gasteiger partial charge on any atom is 0.204 e. The molecule has 1 N–H and O–H groups in total. The Labute approximate surface area is 153 Å². The van der Waals surface area contributed by atoms with Crippen LogP contribution in [0, 0.1) is 24.7 Å². The zero-order valence-corrected chi connectivity index (χ0v) is 16.2. The van der Waals surface area contributed by atoms with E-state index < -0.39 is 0 Å². The van der Waals surface area contributed by atoms with Crippen molar-refractivity contribution in [3.05, 3.63) is 23.3 Å². The van der Waals surface area contributed by atoms with Crippen LogP contribution < -0.4 is 5.43 Å². The lowest BCUT2D eigenvalue weighted by Gasteiger charge is -2.57. The second kappa shape index (κ2) is 5.54. The molecule has 0 radical (unpaired) electrons. The fraction of sp³-hybridized carbons (Fsp3) is 0.619. The SMILES string of the molecule is CC(C)=NNc1nc2c(C)cc(C34CC5CC(CC(C5)C3)C4)cc2s1. The number of nitrogens with one attached hydrogen (secondary N) is 1. The molecule has 0 atom stereocenters. The fourth-order valence-electron chi connectivity index (χ4n) is 6.17. The first-order valence-corrected chi connectivity index (χ1v) is 10.5. The van der Waals surface area contributed by atoms with E-state index in [1.165, 1.54) is 48.8 Å².